The number of aromatic nitrogens is 2. The second-order valence-electron chi connectivity index (χ2n) is 4.43. The summed E-state index contributed by atoms with van der Waals surface area (Å²) in [5, 5.41) is 12.9. The number of hydrogen-bond acceptors (Lipinski definition) is 7. The van der Waals surface area contributed by atoms with Crippen LogP contribution in [0.5, 0.6) is 5.75 Å². The number of nitrogens with two attached hydrogens (primary N) is 2. The molecule has 0 bridgehead atoms. The van der Waals surface area contributed by atoms with Crippen LogP contribution in [0.15, 0.2) is 24.3 Å². The zero-order valence-corrected chi connectivity index (χ0v) is 14.4. The van der Waals surface area contributed by atoms with Gasteiger partial charge in [0.05, 0.1) is 0 Å². The fourth-order valence-electron chi connectivity index (χ4n) is 1.59. The molecule has 1 heterocycles. The Hall–Kier alpha value is -1.52. The minimum atomic E-state index is -0.756. The van der Waals surface area contributed by atoms with E-state index in [1.54, 1.807) is 0 Å². The van der Waals surface area contributed by atoms with Crippen LogP contribution in [0.2, 0.25) is 5.15 Å². The molecule has 22 heavy (non-hydrogen) atoms. The van der Waals surface area contributed by atoms with Gasteiger partial charge in [-0.25, -0.2) is 0 Å². The monoisotopic (exact) mass is 435 g/mol. The topological polar surface area (TPSA) is 119 Å². The molecule has 0 saturated heterocycles. The van der Waals surface area contributed by atoms with Crippen molar-refractivity contribution in [3.05, 3.63) is 33.0 Å². The Balaban J connectivity index is 1.85. The highest BCUT2D eigenvalue weighted by molar-refractivity contribution is 14.1. The van der Waals surface area contributed by atoms with Crippen LogP contribution in [-0.4, -0.2) is 34.3 Å². The third-order valence-electron chi connectivity index (χ3n) is 2.68. The Morgan fingerprint density at radius 3 is 2.64 bits per heavy atom. The lowest BCUT2D eigenvalue weighted by Crippen LogP contribution is -2.27. The van der Waals surface area contributed by atoms with Gasteiger partial charge in [-0.1, -0.05) is 11.6 Å². The molecule has 1 aromatic heterocycles. The summed E-state index contributed by atoms with van der Waals surface area (Å²) >= 11 is 8.01. The fourth-order valence-corrected chi connectivity index (χ4v) is 2.13. The van der Waals surface area contributed by atoms with Crippen molar-refractivity contribution in [3.8, 4) is 5.75 Å². The van der Waals surface area contributed by atoms with Crippen LogP contribution in [0, 0.1) is 3.57 Å². The Kier molecular flexibility index (Phi) is 5.86. The van der Waals surface area contributed by atoms with E-state index in [9.17, 15) is 5.11 Å². The summed E-state index contributed by atoms with van der Waals surface area (Å²) in [6.07, 6.45) is -0.756. The van der Waals surface area contributed by atoms with Crippen molar-refractivity contribution in [2.24, 2.45) is 0 Å². The van der Waals surface area contributed by atoms with Crippen molar-refractivity contribution in [1.82, 2.24) is 9.97 Å². The SMILES string of the molecule is Nc1nc(Cl)c(N)c(NCC(O)COc2ccc(I)cc2)n1. The van der Waals surface area contributed by atoms with Gasteiger partial charge in [0.15, 0.2) is 11.0 Å². The summed E-state index contributed by atoms with van der Waals surface area (Å²) in [4.78, 5) is 7.65. The number of benzene rings is 1. The van der Waals surface area contributed by atoms with E-state index in [0.717, 1.165) is 3.57 Å². The molecule has 0 spiro atoms. The standard InChI is InChI=1S/C13H15ClIN5O2/c14-11-10(16)12(20-13(17)19-11)18-5-8(21)6-22-9-3-1-7(15)2-4-9/h1-4,8,21H,5-6,16H2,(H3,17,18,19,20). The highest BCUT2D eigenvalue weighted by Crippen LogP contribution is 2.24. The second-order valence-corrected chi connectivity index (χ2v) is 6.04. The molecule has 1 unspecified atom stereocenters. The van der Waals surface area contributed by atoms with Crippen molar-refractivity contribution in [2.75, 3.05) is 29.9 Å². The third-order valence-corrected chi connectivity index (χ3v) is 3.68. The maximum atomic E-state index is 9.92. The van der Waals surface area contributed by atoms with E-state index in [1.807, 2.05) is 24.3 Å². The maximum Gasteiger partial charge on any atom is 0.223 e. The number of nitrogens with one attached hydrogen (secondary N) is 1. The van der Waals surface area contributed by atoms with Crippen molar-refractivity contribution in [2.45, 2.75) is 6.10 Å². The number of ether oxygens (including phenoxy) is 1. The molecule has 0 radical (unpaired) electrons. The first-order valence-corrected chi connectivity index (χ1v) is 7.80. The fraction of sp³-hybridized carbons (Fsp3) is 0.231. The van der Waals surface area contributed by atoms with E-state index in [0.29, 0.717) is 5.75 Å². The van der Waals surface area contributed by atoms with Crippen LogP contribution in [-0.2, 0) is 0 Å². The summed E-state index contributed by atoms with van der Waals surface area (Å²) in [6, 6.07) is 7.52. The number of aliphatic hydroxyl groups excluding tert-OH is 1. The van der Waals surface area contributed by atoms with Gasteiger partial charge in [0.1, 0.15) is 24.1 Å². The van der Waals surface area contributed by atoms with E-state index >= 15 is 0 Å². The first-order chi connectivity index (χ1) is 10.5. The zero-order chi connectivity index (χ0) is 16.1. The second kappa shape index (κ2) is 7.65. The lowest BCUT2D eigenvalue weighted by Gasteiger charge is -2.15. The number of hydrogen-bond donors (Lipinski definition) is 4. The summed E-state index contributed by atoms with van der Waals surface area (Å²) in [6.45, 7) is 0.309. The summed E-state index contributed by atoms with van der Waals surface area (Å²) in [7, 11) is 0. The lowest BCUT2D eigenvalue weighted by molar-refractivity contribution is 0.117. The highest BCUT2D eigenvalue weighted by Gasteiger charge is 2.11. The molecular formula is C13H15ClIN5O2. The highest BCUT2D eigenvalue weighted by atomic mass is 127. The molecule has 1 aromatic carbocycles. The Labute approximate surface area is 146 Å². The average molecular weight is 436 g/mol. The normalized spacial score (nSPS) is 12.0. The molecule has 0 aliphatic heterocycles. The largest absolute Gasteiger partial charge is 0.491 e. The van der Waals surface area contributed by atoms with Crippen LogP contribution in [0.3, 0.4) is 0 Å². The van der Waals surface area contributed by atoms with Crippen LogP contribution < -0.4 is 21.5 Å². The molecule has 0 fully saturated rings. The summed E-state index contributed by atoms with van der Waals surface area (Å²) < 4.78 is 6.59. The first-order valence-electron chi connectivity index (χ1n) is 6.34. The Morgan fingerprint density at radius 2 is 1.95 bits per heavy atom. The number of nitrogen functional groups attached to an aromatic ring is 2. The van der Waals surface area contributed by atoms with Crippen LogP contribution in [0.4, 0.5) is 17.5 Å². The number of halogens is 2. The first kappa shape index (κ1) is 16.8. The molecule has 2 rings (SSSR count). The van der Waals surface area contributed by atoms with E-state index < -0.39 is 6.10 Å². The predicted octanol–water partition coefficient (Wildman–Crippen LogP) is 1.75. The minimum absolute atomic E-state index is 0.00586. The molecule has 0 aliphatic carbocycles. The molecule has 118 valence electrons. The predicted molar refractivity (Wildman–Crippen MR) is 95.0 cm³/mol. The Morgan fingerprint density at radius 1 is 1.27 bits per heavy atom. The Bertz CT molecular complexity index is 641. The average Bonchev–Trinajstić information content (AvgIpc) is 2.49. The third kappa shape index (κ3) is 4.75. The van der Waals surface area contributed by atoms with Gasteiger partial charge in [0.2, 0.25) is 5.95 Å². The molecular weight excluding hydrogens is 421 g/mol. The number of nitrogens with zero attached hydrogens (tertiary/aromatic N) is 2. The van der Waals surface area contributed by atoms with Gasteiger partial charge in [-0.2, -0.15) is 9.97 Å². The molecule has 1 atom stereocenters. The number of rotatable bonds is 6. The molecule has 9 heteroatoms. The van der Waals surface area contributed by atoms with Crippen LogP contribution in [0.1, 0.15) is 0 Å². The smallest absolute Gasteiger partial charge is 0.223 e. The van der Waals surface area contributed by atoms with Gasteiger partial charge in [0.25, 0.3) is 0 Å². The van der Waals surface area contributed by atoms with Crippen LogP contribution in [0.25, 0.3) is 0 Å². The molecule has 0 amide bonds. The quantitative estimate of drug-likeness (QED) is 0.403. The summed E-state index contributed by atoms with van der Waals surface area (Å²) in [5.41, 5.74) is 11.4. The minimum Gasteiger partial charge on any atom is -0.491 e. The molecule has 7 nitrogen and oxygen atoms in total. The van der Waals surface area contributed by atoms with Crippen LogP contribution >= 0.6 is 34.2 Å². The van der Waals surface area contributed by atoms with E-state index in [2.05, 4.69) is 37.9 Å². The van der Waals surface area contributed by atoms with Gasteiger partial charge in [-0.15, -0.1) is 0 Å². The lowest BCUT2D eigenvalue weighted by atomic mass is 10.3. The molecule has 6 N–H and O–H groups in total. The van der Waals surface area contributed by atoms with E-state index in [4.69, 9.17) is 27.8 Å². The number of anilines is 3. The van der Waals surface area contributed by atoms with Crippen molar-refractivity contribution >= 4 is 51.6 Å². The van der Waals surface area contributed by atoms with Gasteiger partial charge < -0.3 is 26.6 Å². The van der Waals surface area contributed by atoms with E-state index in [-0.39, 0.29) is 35.8 Å². The molecule has 0 saturated carbocycles. The van der Waals surface area contributed by atoms with Crippen molar-refractivity contribution in [1.29, 1.82) is 0 Å². The van der Waals surface area contributed by atoms with Gasteiger partial charge in [0, 0.05) is 10.1 Å². The number of aliphatic hydroxyl groups is 1. The van der Waals surface area contributed by atoms with Gasteiger partial charge >= 0.3 is 0 Å². The maximum absolute atomic E-state index is 9.92. The molecule has 0 aliphatic rings. The molecule has 2 aromatic rings. The zero-order valence-electron chi connectivity index (χ0n) is 11.5. The van der Waals surface area contributed by atoms with Gasteiger partial charge in [-0.3, -0.25) is 0 Å². The van der Waals surface area contributed by atoms with Gasteiger partial charge in [-0.05, 0) is 46.9 Å². The van der Waals surface area contributed by atoms with Crippen molar-refractivity contribution < 1.29 is 9.84 Å². The van der Waals surface area contributed by atoms with E-state index in [1.165, 1.54) is 0 Å². The van der Waals surface area contributed by atoms with Crippen molar-refractivity contribution in [3.63, 3.8) is 0 Å². The summed E-state index contributed by atoms with van der Waals surface area (Å²) in [5.74, 6) is 0.977.